The maximum atomic E-state index is 13.7. The van der Waals surface area contributed by atoms with E-state index in [0.717, 1.165) is 35.0 Å². The first kappa shape index (κ1) is 33.2. The van der Waals surface area contributed by atoms with E-state index >= 15 is 0 Å². The molecule has 1 unspecified atom stereocenters. The number of nitro groups is 1. The van der Waals surface area contributed by atoms with Crippen molar-refractivity contribution in [2.24, 2.45) is 0 Å². The van der Waals surface area contributed by atoms with Crippen LogP contribution in [-0.2, 0) is 48.7 Å². The molecule has 39 heavy (non-hydrogen) atoms. The predicted octanol–water partition coefficient (Wildman–Crippen LogP) is -1.11. The zero-order chi connectivity index (χ0) is 29.8. The molecule has 0 aromatic heterocycles. The summed E-state index contributed by atoms with van der Waals surface area (Å²) in [5.41, 5.74) is -0.667. The zero-order valence-electron chi connectivity index (χ0n) is 21.2. The third-order valence-electron chi connectivity index (χ3n) is 5.65. The minimum atomic E-state index is -4.45. The molecule has 1 fully saturated rings. The molecule has 21 heteroatoms. The maximum absolute atomic E-state index is 13.7. The number of hydrogen-bond acceptors (Lipinski definition) is 14. The van der Waals surface area contributed by atoms with Gasteiger partial charge in [0.15, 0.2) is 0 Å². The number of piperazine rings is 1. The number of benzene rings is 1. The molecule has 1 saturated heterocycles. The van der Waals surface area contributed by atoms with E-state index in [2.05, 4.69) is 0 Å². The molecule has 224 valence electrons. The van der Waals surface area contributed by atoms with Crippen LogP contribution in [0.3, 0.4) is 0 Å². The largest absolute Gasteiger partial charge is 0.366 e. The van der Waals surface area contributed by atoms with E-state index in [9.17, 15) is 48.3 Å². The fraction of sp³-hybridized carbons (Fsp3) is 0.667. The molecule has 0 radical (unpaired) electrons. The van der Waals surface area contributed by atoms with Crippen LogP contribution in [0.4, 0.5) is 11.4 Å². The molecule has 0 amide bonds. The van der Waals surface area contributed by atoms with Gasteiger partial charge in [-0.25, -0.2) is 8.42 Å². The van der Waals surface area contributed by atoms with E-state index in [4.69, 9.17) is 8.37 Å². The van der Waals surface area contributed by atoms with Gasteiger partial charge in [-0.15, -0.1) is 0 Å². The summed E-state index contributed by atoms with van der Waals surface area (Å²) in [6.07, 6.45) is 1.60. The monoisotopic (exact) mass is 638 g/mol. The first-order valence-corrected chi connectivity index (χ1v) is 17.7. The van der Waals surface area contributed by atoms with Gasteiger partial charge in [0.25, 0.3) is 36.0 Å². The molecule has 0 aliphatic carbocycles. The van der Waals surface area contributed by atoms with Crippen LogP contribution in [0.25, 0.3) is 0 Å². The van der Waals surface area contributed by atoms with E-state index < -0.39 is 74.5 Å². The smallest absolute Gasteiger partial charge is 0.280 e. The van der Waals surface area contributed by atoms with E-state index in [1.165, 1.54) is 16.7 Å². The van der Waals surface area contributed by atoms with Crippen LogP contribution in [-0.4, -0.2) is 123 Å². The van der Waals surface area contributed by atoms with Gasteiger partial charge in [-0.1, -0.05) is 0 Å². The minimum absolute atomic E-state index is 0.0709. The van der Waals surface area contributed by atoms with Gasteiger partial charge in [0.2, 0.25) is 10.0 Å². The van der Waals surface area contributed by atoms with Gasteiger partial charge in [0.1, 0.15) is 10.3 Å². The van der Waals surface area contributed by atoms with Crippen LogP contribution < -0.4 is 4.90 Å². The van der Waals surface area contributed by atoms with Gasteiger partial charge < -0.3 is 4.90 Å². The SMILES string of the molecule is CC(N1CCN(S(=O)(=O)c2cc([N+](=O)[O-])ccc2N(CCOS(C)(=O)=O)CCOS(C)(=O)=O)CC1)S(=O)(=O)O. The summed E-state index contributed by atoms with van der Waals surface area (Å²) in [5, 5.41) is 10.2. The Morgan fingerprint density at radius 3 is 1.85 bits per heavy atom. The van der Waals surface area contributed by atoms with Gasteiger partial charge >= 0.3 is 0 Å². The highest BCUT2D eigenvalue weighted by atomic mass is 32.2. The van der Waals surface area contributed by atoms with E-state index in [1.54, 1.807) is 0 Å². The molecule has 1 aliphatic heterocycles. The average molecular weight is 639 g/mol. The van der Waals surface area contributed by atoms with Crippen molar-refractivity contribution >= 4 is 51.8 Å². The van der Waals surface area contributed by atoms with Crippen LogP contribution in [0.2, 0.25) is 0 Å². The fourth-order valence-corrected chi connectivity index (χ4v) is 6.67. The van der Waals surface area contributed by atoms with Gasteiger partial charge in [-0.05, 0) is 13.0 Å². The van der Waals surface area contributed by atoms with Crippen molar-refractivity contribution < 1.29 is 51.5 Å². The van der Waals surface area contributed by atoms with E-state index in [-0.39, 0.29) is 45.0 Å². The molecule has 1 heterocycles. The Morgan fingerprint density at radius 1 is 0.949 bits per heavy atom. The lowest BCUT2D eigenvalue weighted by Crippen LogP contribution is -2.53. The third kappa shape index (κ3) is 9.86. The average Bonchev–Trinajstić information content (AvgIpc) is 2.80. The lowest BCUT2D eigenvalue weighted by molar-refractivity contribution is -0.385. The first-order valence-electron chi connectivity index (χ1n) is 11.1. The van der Waals surface area contributed by atoms with Gasteiger partial charge in [0.05, 0.1) is 36.3 Å². The Labute approximate surface area is 227 Å². The molecular weight excluding hydrogens is 608 g/mol. The normalized spacial score (nSPS) is 17.1. The van der Waals surface area contributed by atoms with Crippen molar-refractivity contribution in [2.45, 2.75) is 17.2 Å². The lowest BCUT2D eigenvalue weighted by Gasteiger charge is -2.36. The highest BCUT2D eigenvalue weighted by Crippen LogP contribution is 2.32. The van der Waals surface area contributed by atoms with Gasteiger partial charge in [-0.2, -0.15) is 29.6 Å². The van der Waals surface area contributed by atoms with Crippen molar-refractivity contribution in [3.8, 4) is 0 Å². The summed E-state index contributed by atoms with van der Waals surface area (Å²) in [7, 11) is -16.6. The molecule has 1 N–H and O–H groups in total. The first-order chi connectivity index (χ1) is 17.7. The highest BCUT2D eigenvalue weighted by Gasteiger charge is 2.36. The summed E-state index contributed by atoms with van der Waals surface area (Å²) in [6.45, 7) is -0.761. The number of nitro benzene ring substituents is 1. The van der Waals surface area contributed by atoms with Crippen LogP contribution in [0.1, 0.15) is 6.92 Å². The standard InChI is InChI=1S/C18H30N4O13S4/c1-15(39(31,32)33)19-6-8-21(9-7-19)38(29,30)18-14-16(22(23)24)4-5-17(18)20(10-12-34-36(2,25)26)11-13-35-37(3,27)28/h4-5,14-15H,6-13H2,1-3H3,(H,31,32,33). The lowest BCUT2D eigenvalue weighted by atomic mass is 10.2. The quantitative estimate of drug-likeness (QED) is 0.110. The van der Waals surface area contributed by atoms with Crippen molar-refractivity contribution in [1.82, 2.24) is 9.21 Å². The fourth-order valence-electron chi connectivity index (χ4n) is 3.67. The topological polar surface area (TPSA) is 228 Å². The Morgan fingerprint density at radius 2 is 1.44 bits per heavy atom. The second-order valence-electron chi connectivity index (χ2n) is 8.50. The highest BCUT2D eigenvalue weighted by molar-refractivity contribution is 7.89. The van der Waals surface area contributed by atoms with Crippen LogP contribution in [0, 0.1) is 10.1 Å². The zero-order valence-corrected chi connectivity index (χ0v) is 24.5. The Balaban J connectivity index is 2.46. The molecule has 2 rings (SSSR count). The number of hydrogen-bond donors (Lipinski definition) is 1. The molecule has 17 nitrogen and oxygen atoms in total. The maximum Gasteiger partial charge on any atom is 0.280 e. The summed E-state index contributed by atoms with van der Waals surface area (Å²) >= 11 is 0. The second kappa shape index (κ2) is 12.7. The number of anilines is 1. The molecule has 1 aromatic carbocycles. The molecule has 0 spiro atoms. The Hall–Kier alpha value is -1.98. The molecular formula is C18H30N4O13S4. The van der Waals surface area contributed by atoms with Crippen molar-refractivity contribution in [2.75, 3.05) is 69.9 Å². The molecule has 1 atom stereocenters. The number of non-ortho nitro benzene ring substituents is 1. The van der Waals surface area contributed by atoms with Crippen LogP contribution >= 0.6 is 0 Å². The summed E-state index contributed by atoms with van der Waals surface area (Å²) in [4.78, 5) is 12.7. The summed E-state index contributed by atoms with van der Waals surface area (Å²) in [6, 6.07) is 2.98. The number of rotatable bonds is 14. The third-order valence-corrected chi connectivity index (χ3v) is 9.93. The number of nitrogens with zero attached hydrogens (tertiary/aromatic N) is 4. The Kier molecular flexibility index (Phi) is 10.8. The van der Waals surface area contributed by atoms with Crippen molar-refractivity contribution in [3.05, 3.63) is 28.3 Å². The van der Waals surface area contributed by atoms with E-state index in [0.29, 0.717) is 0 Å². The van der Waals surface area contributed by atoms with Crippen molar-refractivity contribution in [1.29, 1.82) is 0 Å². The molecule has 0 bridgehead atoms. The molecule has 1 aliphatic rings. The van der Waals surface area contributed by atoms with Crippen LogP contribution in [0.5, 0.6) is 0 Å². The number of sulfonamides is 1. The summed E-state index contributed by atoms with van der Waals surface area (Å²) in [5.74, 6) is 0. The minimum Gasteiger partial charge on any atom is -0.366 e. The van der Waals surface area contributed by atoms with E-state index in [1.807, 2.05) is 0 Å². The van der Waals surface area contributed by atoms with Crippen LogP contribution in [0.15, 0.2) is 23.1 Å². The predicted molar refractivity (Wildman–Crippen MR) is 138 cm³/mol. The van der Waals surface area contributed by atoms with Crippen molar-refractivity contribution in [3.63, 3.8) is 0 Å². The van der Waals surface area contributed by atoms with Gasteiger partial charge in [-0.3, -0.25) is 27.9 Å². The molecule has 1 aromatic rings. The molecule has 0 saturated carbocycles. The Bertz CT molecular complexity index is 1430. The van der Waals surface area contributed by atoms with Gasteiger partial charge in [0, 0.05) is 51.4 Å². The summed E-state index contributed by atoms with van der Waals surface area (Å²) < 4.78 is 116. The second-order valence-corrected chi connectivity index (χ2v) is 15.4.